The van der Waals surface area contributed by atoms with Gasteiger partial charge in [0.05, 0.1) is 18.9 Å². The number of ether oxygens (including phenoxy) is 2. The zero-order chi connectivity index (χ0) is 17.9. The SMILES string of the molecule is O=C(Nc1ccc2c(c1)OCCCO2)[C@@H]1CC(c2cccc(F)c2)=NO1. The minimum atomic E-state index is -0.760. The number of anilines is 1. The topological polar surface area (TPSA) is 69.2 Å². The van der Waals surface area contributed by atoms with E-state index in [2.05, 4.69) is 10.5 Å². The third-order valence-electron chi connectivity index (χ3n) is 4.13. The number of nitrogens with one attached hydrogen (secondary N) is 1. The van der Waals surface area contributed by atoms with Crippen molar-refractivity contribution in [2.75, 3.05) is 18.5 Å². The molecule has 1 N–H and O–H groups in total. The number of benzene rings is 2. The lowest BCUT2D eigenvalue weighted by Gasteiger charge is -2.12. The van der Waals surface area contributed by atoms with Gasteiger partial charge in [-0.3, -0.25) is 4.79 Å². The van der Waals surface area contributed by atoms with Crippen molar-refractivity contribution in [2.24, 2.45) is 5.16 Å². The molecule has 134 valence electrons. The van der Waals surface area contributed by atoms with Crippen LogP contribution in [0.1, 0.15) is 18.4 Å². The van der Waals surface area contributed by atoms with Gasteiger partial charge in [0.15, 0.2) is 11.5 Å². The zero-order valence-corrected chi connectivity index (χ0v) is 13.9. The van der Waals surface area contributed by atoms with E-state index >= 15 is 0 Å². The van der Waals surface area contributed by atoms with Gasteiger partial charge in [0.25, 0.3) is 5.91 Å². The summed E-state index contributed by atoms with van der Waals surface area (Å²) in [7, 11) is 0. The maximum absolute atomic E-state index is 13.3. The van der Waals surface area contributed by atoms with Crippen molar-refractivity contribution in [1.82, 2.24) is 0 Å². The summed E-state index contributed by atoms with van der Waals surface area (Å²) in [4.78, 5) is 17.7. The number of fused-ring (bicyclic) bond motifs is 1. The Kier molecular flexibility index (Phi) is 4.43. The van der Waals surface area contributed by atoms with Crippen molar-refractivity contribution < 1.29 is 23.5 Å². The number of halogens is 1. The number of hydrogen-bond acceptors (Lipinski definition) is 5. The molecule has 2 aromatic rings. The highest BCUT2D eigenvalue weighted by atomic mass is 19.1. The Morgan fingerprint density at radius 1 is 1.12 bits per heavy atom. The van der Waals surface area contributed by atoms with Crippen molar-refractivity contribution >= 4 is 17.3 Å². The summed E-state index contributed by atoms with van der Waals surface area (Å²) < 4.78 is 24.5. The molecule has 0 unspecified atom stereocenters. The summed E-state index contributed by atoms with van der Waals surface area (Å²) in [5.41, 5.74) is 1.74. The van der Waals surface area contributed by atoms with Crippen LogP contribution in [0.25, 0.3) is 0 Å². The molecule has 0 bridgehead atoms. The normalized spacial score (nSPS) is 18.5. The van der Waals surface area contributed by atoms with Gasteiger partial charge in [0.2, 0.25) is 6.10 Å². The fourth-order valence-electron chi connectivity index (χ4n) is 2.82. The Hall–Kier alpha value is -3.09. The van der Waals surface area contributed by atoms with Crippen LogP contribution in [0.3, 0.4) is 0 Å². The van der Waals surface area contributed by atoms with Gasteiger partial charge >= 0.3 is 0 Å². The number of rotatable bonds is 3. The quantitative estimate of drug-likeness (QED) is 0.917. The number of oxime groups is 1. The molecule has 0 radical (unpaired) electrons. The van der Waals surface area contributed by atoms with Crippen LogP contribution in [0.4, 0.5) is 10.1 Å². The third-order valence-corrected chi connectivity index (χ3v) is 4.13. The van der Waals surface area contributed by atoms with Gasteiger partial charge in [0.1, 0.15) is 5.82 Å². The van der Waals surface area contributed by atoms with Gasteiger partial charge in [-0.15, -0.1) is 0 Å². The Morgan fingerprint density at radius 3 is 2.81 bits per heavy atom. The van der Waals surface area contributed by atoms with E-state index in [0.29, 0.717) is 41.7 Å². The molecule has 2 aliphatic heterocycles. The average molecular weight is 356 g/mol. The molecule has 0 saturated carbocycles. The van der Waals surface area contributed by atoms with E-state index in [-0.39, 0.29) is 18.1 Å². The van der Waals surface area contributed by atoms with E-state index in [0.717, 1.165) is 6.42 Å². The van der Waals surface area contributed by atoms with Crippen LogP contribution in [0.2, 0.25) is 0 Å². The molecule has 26 heavy (non-hydrogen) atoms. The number of amides is 1. The van der Waals surface area contributed by atoms with Gasteiger partial charge in [-0.25, -0.2) is 4.39 Å². The molecule has 0 fully saturated rings. The van der Waals surface area contributed by atoms with E-state index in [1.54, 1.807) is 30.3 Å². The lowest BCUT2D eigenvalue weighted by Crippen LogP contribution is -2.28. The molecular formula is C19H17FN2O4. The molecule has 0 aliphatic carbocycles. The summed E-state index contributed by atoms with van der Waals surface area (Å²) in [5, 5.41) is 6.71. The second-order valence-corrected chi connectivity index (χ2v) is 6.05. The summed E-state index contributed by atoms with van der Waals surface area (Å²) in [6, 6.07) is 11.3. The highest BCUT2D eigenvalue weighted by Crippen LogP contribution is 2.32. The molecule has 2 aliphatic rings. The minimum Gasteiger partial charge on any atom is -0.490 e. The first-order valence-electron chi connectivity index (χ1n) is 8.38. The molecule has 7 heteroatoms. The fraction of sp³-hybridized carbons (Fsp3) is 0.263. The summed E-state index contributed by atoms with van der Waals surface area (Å²) >= 11 is 0. The first-order chi connectivity index (χ1) is 12.7. The summed E-state index contributed by atoms with van der Waals surface area (Å²) in [6.07, 6.45) is 0.330. The van der Waals surface area contributed by atoms with Crippen molar-refractivity contribution in [3.63, 3.8) is 0 Å². The second kappa shape index (κ2) is 7.03. The van der Waals surface area contributed by atoms with E-state index < -0.39 is 6.10 Å². The molecule has 0 saturated heterocycles. The van der Waals surface area contributed by atoms with Crippen molar-refractivity contribution in [3.05, 3.63) is 53.8 Å². The van der Waals surface area contributed by atoms with Gasteiger partial charge in [-0.2, -0.15) is 0 Å². The molecule has 0 aromatic heterocycles. The van der Waals surface area contributed by atoms with Crippen molar-refractivity contribution in [2.45, 2.75) is 18.9 Å². The van der Waals surface area contributed by atoms with E-state index in [4.69, 9.17) is 14.3 Å². The van der Waals surface area contributed by atoms with E-state index in [1.165, 1.54) is 12.1 Å². The maximum atomic E-state index is 13.3. The van der Waals surface area contributed by atoms with Crippen molar-refractivity contribution in [3.8, 4) is 11.5 Å². The summed E-state index contributed by atoms with van der Waals surface area (Å²) in [5.74, 6) is 0.582. The van der Waals surface area contributed by atoms with Crippen LogP contribution in [0, 0.1) is 5.82 Å². The van der Waals surface area contributed by atoms with Crippen LogP contribution >= 0.6 is 0 Å². The highest BCUT2D eigenvalue weighted by Gasteiger charge is 2.29. The lowest BCUT2D eigenvalue weighted by atomic mass is 10.0. The van der Waals surface area contributed by atoms with Crippen LogP contribution in [-0.4, -0.2) is 30.9 Å². The first-order valence-corrected chi connectivity index (χ1v) is 8.38. The standard InChI is InChI=1S/C19H17FN2O4/c20-13-4-1-3-12(9-13)15-11-18(26-22-15)19(23)21-14-5-6-16-17(10-14)25-8-2-7-24-16/h1,3-6,9-10,18H,2,7-8,11H2,(H,21,23)/t18-/m0/s1. The average Bonchev–Trinajstić information content (AvgIpc) is 3.02. The highest BCUT2D eigenvalue weighted by molar-refractivity contribution is 6.06. The molecule has 2 heterocycles. The number of carbonyl (C=O) groups excluding carboxylic acids is 1. The summed E-state index contributed by atoms with van der Waals surface area (Å²) in [6.45, 7) is 1.18. The lowest BCUT2D eigenvalue weighted by molar-refractivity contribution is -0.125. The Bertz CT molecular complexity index is 868. The van der Waals surface area contributed by atoms with Crippen LogP contribution in [0.5, 0.6) is 11.5 Å². The number of hydrogen-bond donors (Lipinski definition) is 1. The van der Waals surface area contributed by atoms with Crippen LogP contribution in [-0.2, 0) is 9.63 Å². The predicted molar refractivity (Wildman–Crippen MR) is 93.1 cm³/mol. The van der Waals surface area contributed by atoms with E-state index in [1.807, 2.05) is 0 Å². The number of carbonyl (C=O) groups is 1. The van der Waals surface area contributed by atoms with Gasteiger partial charge in [-0.05, 0) is 24.3 Å². The Labute approximate surface area is 149 Å². The fourth-order valence-corrected chi connectivity index (χ4v) is 2.82. The maximum Gasteiger partial charge on any atom is 0.268 e. The van der Waals surface area contributed by atoms with Gasteiger partial charge in [0, 0.05) is 30.2 Å². The molecule has 4 rings (SSSR count). The largest absolute Gasteiger partial charge is 0.490 e. The number of nitrogens with zero attached hydrogens (tertiary/aromatic N) is 1. The zero-order valence-electron chi connectivity index (χ0n) is 13.9. The molecular weight excluding hydrogens is 339 g/mol. The van der Waals surface area contributed by atoms with Crippen LogP contribution in [0.15, 0.2) is 47.6 Å². The molecule has 1 atom stereocenters. The molecule has 2 aromatic carbocycles. The smallest absolute Gasteiger partial charge is 0.268 e. The third kappa shape index (κ3) is 3.46. The Morgan fingerprint density at radius 2 is 1.96 bits per heavy atom. The predicted octanol–water partition coefficient (Wildman–Crippen LogP) is 3.12. The second-order valence-electron chi connectivity index (χ2n) is 6.05. The van der Waals surface area contributed by atoms with Crippen LogP contribution < -0.4 is 14.8 Å². The molecule has 6 nitrogen and oxygen atoms in total. The van der Waals surface area contributed by atoms with E-state index in [9.17, 15) is 9.18 Å². The first kappa shape index (κ1) is 16.4. The Balaban J connectivity index is 1.41. The van der Waals surface area contributed by atoms with Crippen molar-refractivity contribution in [1.29, 1.82) is 0 Å². The van der Waals surface area contributed by atoms with Gasteiger partial charge < -0.3 is 19.6 Å². The molecule has 1 amide bonds. The minimum absolute atomic E-state index is 0.278. The monoisotopic (exact) mass is 356 g/mol. The van der Waals surface area contributed by atoms with Gasteiger partial charge in [-0.1, -0.05) is 17.3 Å². The molecule has 0 spiro atoms.